The van der Waals surface area contributed by atoms with E-state index >= 15 is 0 Å². The lowest BCUT2D eigenvalue weighted by atomic mass is 10.2. The Morgan fingerprint density at radius 2 is 1.71 bits per heavy atom. The number of hydrogen-bond acceptors (Lipinski definition) is 7. The minimum absolute atomic E-state index is 0.0154. The lowest BCUT2D eigenvalue weighted by Gasteiger charge is -2.24. The molecule has 176 valence electrons. The molecule has 3 N–H and O–H groups in total. The number of nitrogen functional groups attached to an aromatic ring is 1. The molecule has 0 atom stereocenters. The molecule has 0 amide bonds. The molecule has 6 nitrogen and oxygen atoms in total. The molecule has 4 aromatic rings. The highest BCUT2D eigenvalue weighted by Crippen LogP contribution is 2.44. The van der Waals surface area contributed by atoms with Crippen LogP contribution in [-0.4, -0.2) is 21.5 Å². The molecular formula is C22H17Cl2F3N6S. The second-order valence-corrected chi connectivity index (χ2v) is 9.68. The van der Waals surface area contributed by atoms with Crippen molar-refractivity contribution in [3.63, 3.8) is 0 Å². The summed E-state index contributed by atoms with van der Waals surface area (Å²) in [6.45, 7) is 0.688. The van der Waals surface area contributed by atoms with Crippen molar-refractivity contribution in [3.8, 4) is 0 Å². The first kappa shape index (κ1) is 22.9. The molecule has 5 rings (SSSR count). The highest BCUT2D eigenvalue weighted by atomic mass is 35.5. The molecule has 0 bridgehead atoms. The Hall–Kier alpha value is -2.82. The van der Waals surface area contributed by atoms with Gasteiger partial charge in [0, 0.05) is 12.2 Å². The van der Waals surface area contributed by atoms with Gasteiger partial charge in [-0.15, -0.1) is 0 Å². The zero-order valence-corrected chi connectivity index (χ0v) is 19.7. The first-order valence-corrected chi connectivity index (χ1v) is 11.9. The minimum atomic E-state index is -4.42. The van der Waals surface area contributed by atoms with Gasteiger partial charge in [-0.2, -0.15) is 18.2 Å². The van der Waals surface area contributed by atoms with Crippen LogP contribution in [0.1, 0.15) is 18.4 Å². The van der Waals surface area contributed by atoms with E-state index in [0.29, 0.717) is 55.2 Å². The van der Waals surface area contributed by atoms with E-state index in [1.54, 1.807) is 18.2 Å². The minimum Gasteiger partial charge on any atom is -0.368 e. The van der Waals surface area contributed by atoms with Crippen molar-refractivity contribution in [2.75, 3.05) is 22.5 Å². The first-order chi connectivity index (χ1) is 16.2. The van der Waals surface area contributed by atoms with E-state index in [1.165, 1.54) is 23.5 Å². The van der Waals surface area contributed by atoms with Gasteiger partial charge in [-0.3, -0.25) is 0 Å². The van der Waals surface area contributed by atoms with Gasteiger partial charge in [0.1, 0.15) is 5.52 Å². The number of nitrogens with two attached hydrogens (primary N) is 1. The largest absolute Gasteiger partial charge is 0.416 e. The SMILES string of the molecule is Nc1nc(Nc2ccc(C(F)(F)F)cc2)c2nc(N(CC3CC3)c3c(Cl)cccc3Cl)sc2n1. The normalized spacial score (nSPS) is 13.9. The molecule has 0 saturated heterocycles. The number of benzene rings is 2. The van der Waals surface area contributed by atoms with Crippen molar-refractivity contribution in [3.05, 3.63) is 58.1 Å². The van der Waals surface area contributed by atoms with Gasteiger partial charge in [0.25, 0.3) is 0 Å². The summed E-state index contributed by atoms with van der Waals surface area (Å²) in [4.78, 5) is 15.8. The Morgan fingerprint density at radius 3 is 2.32 bits per heavy atom. The van der Waals surface area contributed by atoms with Crippen molar-refractivity contribution in [2.45, 2.75) is 19.0 Å². The fourth-order valence-electron chi connectivity index (χ4n) is 3.48. The molecular weight excluding hydrogens is 508 g/mol. The molecule has 2 aromatic carbocycles. The number of aromatic nitrogens is 3. The molecule has 1 saturated carbocycles. The maximum absolute atomic E-state index is 12.9. The third-order valence-electron chi connectivity index (χ3n) is 5.32. The Morgan fingerprint density at radius 1 is 1.03 bits per heavy atom. The van der Waals surface area contributed by atoms with Crippen LogP contribution in [0.2, 0.25) is 10.0 Å². The number of hydrogen-bond donors (Lipinski definition) is 2. The number of rotatable bonds is 6. The zero-order chi connectivity index (χ0) is 24.0. The van der Waals surface area contributed by atoms with Crippen LogP contribution in [0.5, 0.6) is 0 Å². The van der Waals surface area contributed by atoms with E-state index in [-0.39, 0.29) is 5.95 Å². The van der Waals surface area contributed by atoms with Gasteiger partial charge in [0.15, 0.2) is 15.8 Å². The summed E-state index contributed by atoms with van der Waals surface area (Å²) in [6, 6.07) is 9.95. The third-order valence-corrected chi connectivity index (χ3v) is 6.90. The van der Waals surface area contributed by atoms with Crippen LogP contribution in [0, 0.1) is 5.92 Å². The van der Waals surface area contributed by atoms with Crippen LogP contribution in [0.4, 0.5) is 41.4 Å². The topological polar surface area (TPSA) is 80.0 Å². The van der Waals surface area contributed by atoms with Gasteiger partial charge in [-0.05, 0) is 55.2 Å². The Balaban J connectivity index is 1.54. The number of nitrogens with one attached hydrogen (secondary N) is 1. The first-order valence-electron chi connectivity index (χ1n) is 10.3. The molecule has 1 fully saturated rings. The van der Waals surface area contributed by atoms with Crippen LogP contribution in [0.25, 0.3) is 10.3 Å². The van der Waals surface area contributed by atoms with Crippen molar-refractivity contribution < 1.29 is 13.2 Å². The van der Waals surface area contributed by atoms with Gasteiger partial charge < -0.3 is 16.0 Å². The number of fused-ring (bicyclic) bond motifs is 1. The molecule has 2 aromatic heterocycles. The van der Waals surface area contributed by atoms with E-state index in [2.05, 4.69) is 15.3 Å². The molecule has 0 unspecified atom stereocenters. The summed E-state index contributed by atoms with van der Waals surface area (Å²) < 4.78 is 38.7. The molecule has 2 heterocycles. The summed E-state index contributed by atoms with van der Waals surface area (Å²) in [7, 11) is 0. The van der Waals surface area contributed by atoms with Gasteiger partial charge >= 0.3 is 6.18 Å². The van der Waals surface area contributed by atoms with Crippen LogP contribution >= 0.6 is 34.5 Å². The van der Waals surface area contributed by atoms with Gasteiger partial charge in [0.05, 0.1) is 21.3 Å². The number of para-hydroxylation sites is 1. The molecule has 1 aliphatic rings. The van der Waals surface area contributed by atoms with Crippen LogP contribution in [0.3, 0.4) is 0 Å². The van der Waals surface area contributed by atoms with Crippen LogP contribution in [0.15, 0.2) is 42.5 Å². The molecule has 0 radical (unpaired) electrons. The smallest absolute Gasteiger partial charge is 0.368 e. The second-order valence-electron chi connectivity index (χ2n) is 7.90. The summed E-state index contributed by atoms with van der Waals surface area (Å²) in [5.74, 6) is 0.809. The number of nitrogens with zero attached hydrogens (tertiary/aromatic N) is 4. The van der Waals surface area contributed by atoms with E-state index in [4.69, 9.17) is 33.9 Å². The fourth-order valence-corrected chi connectivity index (χ4v) is 5.05. The van der Waals surface area contributed by atoms with Crippen molar-refractivity contribution in [1.29, 1.82) is 0 Å². The van der Waals surface area contributed by atoms with Crippen molar-refractivity contribution >= 4 is 73.2 Å². The summed E-state index contributed by atoms with van der Waals surface area (Å²) in [6.07, 6.45) is -2.20. The number of halogens is 5. The number of alkyl halides is 3. The molecule has 0 aliphatic heterocycles. The Labute approximate surface area is 206 Å². The summed E-state index contributed by atoms with van der Waals surface area (Å²) >= 11 is 14.3. The van der Waals surface area contributed by atoms with E-state index in [0.717, 1.165) is 25.0 Å². The fraction of sp³-hybridized carbons (Fsp3) is 0.227. The Kier molecular flexibility index (Phi) is 5.91. The quantitative estimate of drug-likeness (QED) is 0.275. The highest BCUT2D eigenvalue weighted by Gasteiger charge is 2.31. The van der Waals surface area contributed by atoms with Crippen LogP contribution in [-0.2, 0) is 6.18 Å². The predicted octanol–water partition coefficient (Wildman–Crippen LogP) is 7.29. The maximum Gasteiger partial charge on any atom is 0.416 e. The van der Waals surface area contributed by atoms with Crippen LogP contribution < -0.4 is 16.0 Å². The Bertz CT molecular complexity index is 1340. The van der Waals surface area contributed by atoms with E-state index in [9.17, 15) is 13.2 Å². The second kappa shape index (κ2) is 8.75. The monoisotopic (exact) mass is 524 g/mol. The van der Waals surface area contributed by atoms with E-state index in [1.807, 2.05) is 4.90 Å². The maximum atomic E-state index is 12.9. The standard InChI is InChI=1S/C22H17Cl2F3N6S/c23-14-2-1-3-15(24)17(14)33(10-11-4-5-11)21-30-16-18(31-20(28)32-19(16)34-21)29-13-8-6-12(7-9-13)22(25,26)27/h1-3,6-9,11H,4-5,10H2,(H3,28,29,31,32). The average molecular weight is 525 g/mol. The number of anilines is 5. The van der Waals surface area contributed by atoms with Gasteiger partial charge in [-0.1, -0.05) is 40.6 Å². The van der Waals surface area contributed by atoms with Gasteiger partial charge in [0.2, 0.25) is 5.95 Å². The lowest BCUT2D eigenvalue weighted by Crippen LogP contribution is -2.20. The molecule has 34 heavy (non-hydrogen) atoms. The van der Waals surface area contributed by atoms with Gasteiger partial charge in [-0.25, -0.2) is 9.97 Å². The lowest BCUT2D eigenvalue weighted by molar-refractivity contribution is -0.137. The molecule has 0 spiro atoms. The average Bonchev–Trinajstić information content (AvgIpc) is 3.49. The summed E-state index contributed by atoms with van der Waals surface area (Å²) in [5.41, 5.74) is 6.68. The highest BCUT2D eigenvalue weighted by molar-refractivity contribution is 7.22. The predicted molar refractivity (Wildman–Crippen MR) is 131 cm³/mol. The van der Waals surface area contributed by atoms with Crippen molar-refractivity contribution in [1.82, 2.24) is 15.0 Å². The summed E-state index contributed by atoms with van der Waals surface area (Å²) in [5, 5.41) is 4.63. The molecule has 1 aliphatic carbocycles. The zero-order valence-electron chi connectivity index (χ0n) is 17.4. The number of thiazole rings is 1. The molecule has 12 heteroatoms. The third kappa shape index (κ3) is 4.70. The van der Waals surface area contributed by atoms with E-state index < -0.39 is 11.7 Å². The van der Waals surface area contributed by atoms with Crippen molar-refractivity contribution in [2.24, 2.45) is 5.92 Å².